The number of nitrogens with zero attached hydrogens (tertiary/aromatic N) is 3. The van der Waals surface area contributed by atoms with Gasteiger partial charge in [-0.2, -0.15) is 0 Å². The van der Waals surface area contributed by atoms with Crippen LogP contribution in [0.2, 0.25) is 0 Å². The van der Waals surface area contributed by atoms with Crippen LogP contribution in [0.4, 0.5) is 0 Å². The molecule has 15 rings (SSSR count). The molecular weight excluding hydrogens is 715 g/mol. The van der Waals surface area contributed by atoms with Crippen LogP contribution in [0, 0.1) is 0 Å². The van der Waals surface area contributed by atoms with Gasteiger partial charge in [-0.3, -0.25) is 0 Å². The number of rotatable bonds is 2. The maximum absolute atomic E-state index is 2.61. The highest BCUT2D eigenvalue weighted by molar-refractivity contribution is 6.41. The lowest BCUT2D eigenvalue weighted by Gasteiger charge is -2.09. The number of fused-ring (bicyclic) bond motifs is 20. The largest absolute Gasteiger partial charge is 0.309 e. The molecule has 0 aliphatic heterocycles. The smallest absolute Gasteiger partial charge is 0.0627 e. The van der Waals surface area contributed by atoms with Gasteiger partial charge in [0.25, 0.3) is 0 Å². The van der Waals surface area contributed by atoms with Gasteiger partial charge in [-0.25, -0.2) is 0 Å². The molecule has 3 heteroatoms. The minimum absolute atomic E-state index is 1.17. The summed E-state index contributed by atoms with van der Waals surface area (Å²) < 4.78 is 7.55. The molecule has 0 spiro atoms. The number of hydrogen-bond donors (Lipinski definition) is 0. The van der Waals surface area contributed by atoms with Crippen molar-refractivity contribution in [3.05, 3.63) is 188 Å². The molecule has 15 aromatic rings. The van der Waals surface area contributed by atoms with Gasteiger partial charge in [-0.1, -0.05) is 127 Å². The van der Waals surface area contributed by atoms with Crippen molar-refractivity contribution in [1.29, 1.82) is 0 Å². The zero-order valence-corrected chi connectivity index (χ0v) is 31.7. The molecule has 0 aliphatic rings. The van der Waals surface area contributed by atoms with E-state index < -0.39 is 0 Å². The summed E-state index contributed by atoms with van der Waals surface area (Å²) in [7, 11) is 0. The van der Waals surface area contributed by atoms with Gasteiger partial charge in [0.1, 0.15) is 0 Å². The fourth-order valence-corrected chi connectivity index (χ4v) is 11.4. The Labute approximate surface area is 336 Å². The number of benzene rings is 10. The summed E-state index contributed by atoms with van der Waals surface area (Å²) in [5, 5.41) is 18.2. The Morgan fingerprint density at radius 2 is 0.864 bits per heavy atom. The summed E-state index contributed by atoms with van der Waals surface area (Å²) in [6.07, 6.45) is 0. The highest BCUT2D eigenvalue weighted by atomic mass is 15.0. The maximum Gasteiger partial charge on any atom is 0.0627 e. The second kappa shape index (κ2) is 10.5. The zero-order chi connectivity index (χ0) is 38.1. The Morgan fingerprint density at radius 3 is 1.68 bits per heavy atom. The van der Waals surface area contributed by atoms with E-state index in [0.717, 1.165) is 0 Å². The average Bonchev–Trinajstić information content (AvgIpc) is 4.08. The van der Waals surface area contributed by atoms with Crippen LogP contribution in [-0.4, -0.2) is 13.4 Å². The van der Waals surface area contributed by atoms with Gasteiger partial charge in [0.05, 0.1) is 44.1 Å². The quantitative estimate of drug-likeness (QED) is 0.167. The molecule has 0 saturated heterocycles. The van der Waals surface area contributed by atoms with Crippen molar-refractivity contribution in [2.45, 2.75) is 0 Å². The second-order valence-corrected chi connectivity index (χ2v) is 16.4. The van der Waals surface area contributed by atoms with Crippen LogP contribution < -0.4 is 0 Å². The monoisotopic (exact) mass is 745 g/mol. The first kappa shape index (κ1) is 30.3. The first-order chi connectivity index (χ1) is 29.3. The Kier molecular flexibility index (Phi) is 5.41. The first-order valence-corrected chi connectivity index (χ1v) is 20.5. The molecule has 0 radical (unpaired) electrons. The molecule has 10 aromatic carbocycles. The van der Waals surface area contributed by atoms with Crippen LogP contribution in [0.25, 0.3) is 136 Å². The standard InChI is InChI=1S/C56H31N3/c1-2-15-35(16-3-1)57-45-23-10-8-19-39(45)42-29-34(25-26-47(42)57)38-21-12-22-40-43-30-32-13-5-7-18-37(32)52-53-49(59(54(38)40)55(43)52)28-27-48-51(53)44-31-33-14-4-6-17-36(33)50-41-20-9-11-24-46(41)58(48)56(44)50/h1-31H. The number of aromatic nitrogens is 3. The topological polar surface area (TPSA) is 13.8 Å². The first-order valence-electron chi connectivity index (χ1n) is 20.5. The molecule has 0 saturated carbocycles. The van der Waals surface area contributed by atoms with E-state index in [1.165, 1.54) is 136 Å². The van der Waals surface area contributed by atoms with Crippen LogP contribution in [0.3, 0.4) is 0 Å². The molecule has 0 unspecified atom stereocenters. The summed E-state index contributed by atoms with van der Waals surface area (Å²) in [4.78, 5) is 0. The van der Waals surface area contributed by atoms with Crippen molar-refractivity contribution in [1.82, 2.24) is 13.4 Å². The SMILES string of the molecule is c1ccc(-n2c3ccccc3c3cc(-c4cccc5c6cc7ccccc7c7c8c9c%10cc%11ccccc%11c%11c%12ccccc%12n(c9ccc8n(c45)c67)c%10%11)ccc32)cc1. The Bertz CT molecular complexity index is 4290. The minimum Gasteiger partial charge on any atom is -0.309 e. The summed E-state index contributed by atoms with van der Waals surface area (Å²) in [5.74, 6) is 0. The highest BCUT2D eigenvalue weighted by Crippen LogP contribution is 2.51. The van der Waals surface area contributed by atoms with E-state index in [1.54, 1.807) is 0 Å². The molecule has 5 heterocycles. The molecule has 59 heavy (non-hydrogen) atoms. The van der Waals surface area contributed by atoms with Crippen molar-refractivity contribution in [2.75, 3.05) is 0 Å². The number of para-hydroxylation sites is 4. The van der Waals surface area contributed by atoms with Gasteiger partial charge >= 0.3 is 0 Å². The van der Waals surface area contributed by atoms with Crippen molar-refractivity contribution in [3.63, 3.8) is 0 Å². The summed E-state index contributed by atoms with van der Waals surface area (Å²) in [6, 6.07) is 70.2. The molecule has 0 bridgehead atoms. The third-order valence-electron chi connectivity index (χ3n) is 13.6. The Morgan fingerprint density at radius 1 is 0.271 bits per heavy atom. The molecule has 0 N–H and O–H groups in total. The van der Waals surface area contributed by atoms with Crippen molar-refractivity contribution in [3.8, 4) is 16.8 Å². The summed E-state index contributed by atoms with van der Waals surface area (Å²) in [5.41, 5.74) is 13.7. The molecule has 0 aliphatic carbocycles. The Hall–Kier alpha value is -7.88. The fourth-order valence-electron chi connectivity index (χ4n) is 11.4. The van der Waals surface area contributed by atoms with E-state index in [2.05, 4.69) is 201 Å². The van der Waals surface area contributed by atoms with Crippen LogP contribution in [0.5, 0.6) is 0 Å². The molecule has 270 valence electrons. The van der Waals surface area contributed by atoms with Crippen LogP contribution in [0.15, 0.2) is 188 Å². The van der Waals surface area contributed by atoms with Gasteiger partial charge in [0.2, 0.25) is 0 Å². The predicted octanol–water partition coefficient (Wildman–Crippen LogP) is 15.1. The highest BCUT2D eigenvalue weighted by Gasteiger charge is 2.27. The molecule has 3 nitrogen and oxygen atoms in total. The van der Waals surface area contributed by atoms with Crippen LogP contribution in [0.1, 0.15) is 0 Å². The van der Waals surface area contributed by atoms with E-state index in [-0.39, 0.29) is 0 Å². The fraction of sp³-hybridized carbons (Fsp3) is 0. The lowest BCUT2D eigenvalue weighted by molar-refractivity contribution is 1.18. The van der Waals surface area contributed by atoms with Gasteiger partial charge in [0, 0.05) is 65.1 Å². The normalized spacial score (nSPS) is 12.7. The van der Waals surface area contributed by atoms with Gasteiger partial charge < -0.3 is 13.4 Å². The predicted molar refractivity (Wildman–Crippen MR) is 251 cm³/mol. The minimum atomic E-state index is 1.17. The maximum atomic E-state index is 2.61. The van der Waals surface area contributed by atoms with E-state index >= 15 is 0 Å². The van der Waals surface area contributed by atoms with Crippen LogP contribution >= 0.6 is 0 Å². The Balaban J connectivity index is 1.13. The average molecular weight is 746 g/mol. The number of hydrogen-bond acceptors (Lipinski definition) is 0. The zero-order valence-electron chi connectivity index (χ0n) is 31.7. The van der Waals surface area contributed by atoms with Crippen molar-refractivity contribution < 1.29 is 0 Å². The third kappa shape index (κ3) is 3.58. The lowest BCUT2D eigenvalue weighted by Crippen LogP contribution is -1.93. The molecule has 0 amide bonds. The van der Waals surface area contributed by atoms with Crippen molar-refractivity contribution >= 4 is 120 Å². The molecule has 0 atom stereocenters. The summed E-state index contributed by atoms with van der Waals surface area (Å²) in [6.45, 7) is 0. The van der Waals surface area contributed by atoms with Crippen molar-refractivity contribution in [2.24, 2.45) is 0 Å². The van der Waals surface area contributed by atoms with Gasteiger partial charge in [-0.15, -0.1) is 0 Å². The van der Waals surface area contributed by atoms with Crippen LogP contribution in [-0.2, 0) is 0 Å². The molecular formula is C56H31N3. The van der Waals surface area contributed by atoms with E-state index in [1.807, 2.05) is 0 Å². The van der Waals surface area contributed by atoms with Gasteiger partial charge in [0.15, 0.2) is 0 Å². The third-order valence-corrected chi connectivity index (χ3v) is 13.6. The van der Waals surface area contributed by atoms with E-state index in [9.17, 15) is 0 Å². The molecule has 5 aromatic heterocycles. The van der Waals surface area contributed by atoms with E-state index in [4.69, 9.17) is 0 Å². The van der Waals surface area contributed by atoms with Gasteiger partial charge in [-0.05, 0) is 87.8 Å². The lowest BCUT2D eigenvalue weighted by atomic mass is 9.95. The second-order valence-electron chi connectivity index (χ2n) is 16.4. The molecule has 0 fully saturated rings. The summed E-state index contributed by atoms with van der Waals surface area (Å²) >= 11 is 0. The van der Waals surface area contributed by atoms with E-state index in [0.29, 0.717) is 0 Å².